The fourth-order valence-electron chi connectivity index (χ4n) is 0.814. The lowest BCUT2D eigenvalue weighted by Crippen LogP contribution is -1.98. The van der Waals surface area contributed by atoms with Gasteiger partial charge in [0.2, 0.25) is 0 Å². The first-order valence-corrected chi connectivity index (χ1v) is 4.67. The highest BCUT2D eigenvalue weighted by atomic mass is 35.5. The second-order valence-corrected chi connectivity index (χ2v) is 3.49. The minimum atomic E-state index is -0.459. The lowest BCUT2D eigenvalue weighted by Gasteiger charge is -1.95. The fourth-order valence-corrected chi connectivity index (χ4v) is 2.09. The summed E-state index contributed by atoms with van der Waals surface area (Å²) in [6, 6.07) is 1.97. The normalized spacial score (nSPS) is 9.31. The number of rotatable bonds is 2. The molecule has 0 aliphatic carbocycles. The molecule has 0 saturated carbocycles. The van der Waals surface area contributed by atoms with E-state index in [9.17, 15) is 4.79 Å². The minimum Gasteiger partial charge on any atom is -0.465 e. The van der Waals surface area contributed by atoms with E-state index < -0.39 is 5.97 Å². The quantitative estimate of drug-likeness (QED) is 0.711. The number of carbonyl (C=O) groups is 1. The molecule has 0 amide bonds. The molecule has 5 heteroatoms. The molecule has 1 heterocycles. The molecule has 1 rings (SSSR count). The molecule has 0 fully saturated rings. The summed E-state index contributed by atoms with van der Waals surface area (Å²) in [5, 5.41) is 10.5. The van der Waals surface area contributed by atoms with Crippen molar-refractivity contribution < 1.29 is 9.53 Å². The van der Waals surface area contributed by atoms with Gasteiger partial charge in [-0.3, -0.25) is 0 Å². The van der Waals surface area contributed by atoms with Gasteiger partial charge in [-0.2, -0.15) is 5.26 Å². The maximum atomic E-state index is 11.1. The smallest absolute Gasteiger partial charge is 0.349 e. The highest BCUT2D eigenvalue weighted by Gasteiger charge is 2.16. The molecule has 0 radical (unpaired) electrons. The first-order chi connectivity index (χ1) is 6.20. The van der Waals surface area contributed by atoms with Crippen LogP contribution < -0.4 is 0 Å². The van der Waals surface area contributed by atoms with Crippen LogP contribution in [-0.2, 0) is 11.2 Å². The molecule has 0 bridgehead atoms. The van der Waals surface area contributed by atoms with Crippen LogP contribution >= 0.6 is 22.9 Å². The summed E-state index contributed by atoms with van der Waals surface area (Å²) in [6.45, 7) is 0. The Morgan fingerprint density at radius 2 is 2.54 bits per heavy atom. The molecule has 0 unspecified atom stereocenters. The highest BCUT2D eigenvalue weighted by molar-refractivity contribution is 7.12. The van der Waals surface area contributed by atoms with E-state index in [2.05, 4.69) is 4.74 Å². The zero-order valence-corrected chi connectivity index (χ0v) is 8.41. The number of nitriles is 1. The number of methoxy groups -OCH3 is 1. The molecule has 68 valence electrons. The van der Waals surface area contributed by atoms with Gasteiger partial charge in [-0.05, 0) is 10.9 Å². The molecular formula is C8H6ClNO2S. The summed E-state index contributed by atoms with van der Waals surface area (Å²) in [6.07, 6.45) is 0.215. The van der Waals surface area contributed by atoms with Crippen molar-refractivity contribution in [1.82, 2.24) is 0 Å². The third kappa shape index (κ3) is 2.00. The van der Waals surface area contributed by atoms with E-state index in [0.717, 1.165) is 0 Å². The Labute approximate surface area is 84.5 Å². The molecule has 1 aromatic rings. The van der Waals surface area contributed by atoms with E-state index in [-0.39, 0.29) is 6.42 Å². The molecule has 0 aliphatic heterocycles. The summed E-state index contributed by atoms with van der Waals surface area (Å²) < 4.78 is 4.51. The summed E-state index contributed by atoms with van der Waals surface area (Å²) >= 11 is 7.03. The molecule has 3 nitrogen and oxygen atoms in total. The minimum absolute atomic E-state index is 0.215. The van der Waals surface area contributed by atoms with Gasteiger partial charge in [-0.1, -0.05) is 11.6 Å². The molecule has 1 aromatic heterocycles. The monoisotopic (exact) mass is 215 g/mol. The Bertz CT molecular complexity index is 367. The Balaban J connectivity index is 3.00. The van der Waals surface area contributed by atoms with Gasteiger partial charge in [0, 0.05) is 0 Å². The highest BCUT2D eigenvalue weighted by Crippen LogP contribution is 2.28. The number of thiophene rings is 1. The SMILES string of the molecule is COC(=O)c1scc(CC#N)c1Cl. The van der Waals surface area contributed by atoms with Crippen LogP contribution in [0.15, 0.2) is 5.38 Å². The van der Waals surface area contributed by atoms with Crippen LogP contribution in [0.2, 0.25) is 5.02 Å². The Morgan fingerprint density at radius 1 is 1.85 bits per heavy atom. The Kier molecular flexibility index (Phi) is 3.29. The first kappa shape index (κ1) is 10.0. The van der Waals surface area contributed by atoms with Gasteiger partial charge in [0.05, 0.1) is 24.6 Å². The van der Waals surface area contributed by atoms with Crippen molar-refractivity contribution in [3.8, 4) is 6.07 Å². The van der Waals surface area contributed by atoms with Gasteiger partial charge in [-0.15, -0.1) is 11.3 Å². The summed E-state index contributed by atoms with van der Waals surface area (Å²) in [5.41, 5.74) is 0.676. The van der Waals surface area contributed by atoms with Gasteiger partial charge in [0.1, 0.15) is 4.88 Å². The average Bonchev–Trinajstić information content (AvgIpc) is 2.48. The molecule has 0 atom stereocenters. The van der Waals surface area contributed by atoms with Crippen molar-refractivity contribution in [2.75, 3.05) is 7.11 Å². The topological polar surface area (TPSA) is 50.1 Å². The predicted molar refractivity (Wildman–Crippen MR) is 50.0 cm³/mol. The summed E-state index contributed by atoms with van der Waals surface area (Å²) in [5.74, 6) is -0.459. The van der Waals surface area contributed by atoms with E-state index in [1.807, 2.05) is 6.07 Å². The van der Waals surface area contributed by atoms with Crippen LogP contribution in [0.5, 0.6) is 0 Å². The van der Waals surface area contributed by atoms with Crippen molar-refractivity contribution in [2.45, 2.75) is 6.42 Å². The van der Waals surface area contributed by atoms with E-state index in [4.69, 9.17) is 16.9 Å². The van der Waals surface area contributed by atoms with Crippen molar-refractivity contribution in [3.63, 3.8) is 0 Å². The van der Waals surface area contributed by atoms with Crippen molar-refractivity contribution >= 4 is 28.9 Å². The van der Waals surface area contributed by atoms with Crippen LogP contribution in [0, 0.1) is 11.3 Å². The summed E-state index contributed by atoms with van der Waals surface area (Å²) in [4.78, 5) is 11.4. The molecule has 0 aliphatic rings. The van der Waals surface area contributed by atoms with Gasteiger partial charge >= 0.3 is 5.97 Å². The summed E-state index contributed by atoms with van der Waals surface area (Å²) in [7, 11) is 1.29. The van der Waals surface area contributed by atoms with Crippen LogP contribution in [0.1, 0.15) is 15.2 Å². The van der Waals surface area contributed by atoms with Gasteiger partial charge in [-0.25, -0.2) is 4.79 Å². The largest absolute Gasteiger partial charge is 0.465 e. The zero-order valence-electron chi connectivity index (χ0n) is 6.83. The van der Waals surface area contributed by atoms with Crippen LogP contribution in [0.25, 0.3) is 0 Å². The molecular weight excluding hydrogens is 210 g/mol. The fraction of sp³-hybridized carbons (Fsp3) is 0.250. The Morgan fingerprint density at radius 3 is 3.08 bits per heavy atom. The molecule has 0 saturated heterocycles. The lowest BCUT2D eigenvalue weighted by atomic mass is 10.2. The number of nitrogens with zero attached hydrogens (tertiary/aromatic N) is 1. The first-order valence-electron chi connectivity index (χ1n) is 3.41. The predicted octanol–water partition coefficient (Wildman–Crippen LogP) is 2.25. The lowest BCUT2D eigenvalue weighted by molar-refractivity contribution is 0.0606. The number of halogens is 1. The van der Waals surface area contributed by atoms with E-state index in [0.29, 0.717) is 15.5 Å². The maximum absolute atomic E-state index is 11.1. The van der Waals surface area contributed by atoms with E-state index in [1.54, 1.807) is 5.38 Å². The number of esters is 1. The van der Waals surface area contributed by atoms with Crippen molar-refractivity contribution in [1.29, 1.82) is 5.26 Å². The van der Waals surface area contributed by atoms with Gasteiger partial charge < -0.3 is 4.74 Å². The van der Waals surface area contributed by atoms with Crippen LogP contribution in [0.4, 0.5) is 0 Å². The number of ether oxygens (including phenoxy) is 1. The number of carbonyl (C=O) groups excluding carboxylic acids is 1. The molecule has 0 N–H and O–H groups in total. The van der Waals surface area contributed by atoms with Crippen molar-refractivity contribution in [3.05, 3.63) is 20.8 Å². The van der Waals surface area contributed by atoms with E-state index >= 15 is 0 Å². The Hall–Kier alpha value is -1.05. The standard InChI is InChI=1S/C8H6ClNO2S/c1-12-8(11)7-6(9)5(2-3-10)4-13-7/h4H,2H2,1H3. The second-order valence-electron chi connectivity index (χ2n) is 2.23. The number of hydrogen-bond donors (Lipinski definition) is 0. The van der Waals surface area contributed by atoms with Crippen LogP contribution in [-0.4, -0.2) is 13.1 Å². The van der Waals surface area contributed by atoms with Gasteiger partial charge in [0.25, 0.3) is 0 Å². The maximum Gasteiger partial charge on any atom is 0.349 e. The molecule has 0 spiro atoms. The zero-order chi connectivity index (χ0) is 9.84. The number of hydrogen-bond acceptors (Lipinski definition) is 4. The molecule has 13 heavy (non-hydrogen) atoms. The average molecular weight is 216 g/mol. The third-order valence-corrected chi connectivity index (χ3v) is 2.99. The molecule has 0 aromatic carbocycles. The van der Waals surface area contributed by atoms with Gasteiger partial charge in [0.15, 0.2) is 0 Å². The van der Waals surface area contributed by atoms with E-state index in [1.165, 1.54) is 18.4 Å². The second kappa shape index (κ2) is 4.26. The third-order valence-electron chi connectivity index (χ3n) is 1.44. The van der Waals surface area contributed by atoms with Crippen molar-refractivity contribution in [2.24, 2.45) is 0 Å². The van der Waals surface area contributed by atoms with Crippen LogP contribution in [0.3, 0.4) is 0 Å².